The molecule has 6 nitrogen and oxygen atoms in total. The first-order valence-electron chi connectivity index (χ1n) is 9.66. The van der Waals surface area contributed by atoms with Gasteiger partial charge in [0.25, 0.3) is 5.91 Å². The monoisotopic (exact) mass is 397 g/mol. The van der Waals surface area contributed by atoms with Crippen LogP contribution in [0.25, 0.3) is 0 Å². The van der Waals surface area contributed by atoms with Crippen molar-refractivity contribution in [3.05, 3.63) is 64.7 Å². The number of alkyl halides is 1. The summed E-state index contributed by atoms with van der Waals surface area (Å²) >= 11 is 0. The van der Waals surface area contributed by atoms with Crippen LogP contribution in [0.2, 0.25) is 0 Å². The van der Waals surface area contributed by atoms with Crippen LogP contribution in [0.3, 0.4) is 0 Å². The van der Waals surface area contributed by atoms with E-state index in [2.05, 4.69) is 5.32 Å². The summed E-state index contributed by atoms with van der Waals surface area (Å²) in [6, 6.07) is 12.3. The van der Waals surface area contributed by atoms with Crippen LogP contribution in [0.4, 0.5) is 4.39 Å². The maximum absolute atomic E-state index is 13.7. The zero-order valence-corrected chi connectivity index (χ0v) is 15.5. The molecule has 1 amide bonds. The molecule has 2 aromatic rings. The molecule has 150 valence electrons. The van der Waals surface area contributed by atoms with E-state index >= 15 is 0 Å². The fraction of sp³-hybridized carbons (Fsp3) is 0.364. The maximum atomic E-state index is 13.7. The average molecular weight is 397 g/mol. The fourth-order valence-electron chi connectivity index (χ4n) is 4.59. The molecule has 0 aromatic heterocycles. The van der Waals surface area contributed by atoms with Gasteiger partial charge in [0.15, 0.2) is 0 Å². The summed E-state index contributed by atoms with van der Waals surface area (Å²) in [7, 11) is 0. The highest BCUT2D eigenvalue weighted by molar-refractivity contribution is 6.00. The number of carbonyl (C=O) groups is 2. The number of hydrogen-bond donors (Lipinski definition) is 2. The van der Waals surface area contributed by atoms with Crippen molar-refractivity contribution in [2.45, 2.75) is 18.1 Å². The van der Waals surface area contributed by atoms with E-state index in [0.29, 0.717) is 30.6 Å². The maximum Gasteiger partial charge on any atom is 0.339 e. The van der Waals surface area contributed by atoms with Gasteiger partial charge in [0.1, 0.15) is 24.1 Å². The molecule has 2 N–H and O–H groups in total. The Morgan fingerprint density at radius 2 is 1.86 bits per heavy atom. The van der Waals surface area contributed by atoms with Gasteiger partial charge < -0.3 is 19.9 Å². The molecule has 2 aromatic carbocycles. The number of aromatic carboxylic acids is 1. The molecule has 3 aliphatic rings. The van der Waals surface area contributed by atoms with Gasteiger partial charge in [0.05, 0.1) is 19.1 Å². The van der Waals surface area contributed by atoms with Crippen LogP contribution in [0, 0.1) is 11.8 Å². The summed E-state index contributed by atoms with van der Waals surface area (Å²) in [5.74, 6) is -1.20. The van der Waals surface area contributed by atoms with Crippen molar-refractivity contribution < 1.29 is 28.6 Å². The molecule has 2 fully saturated rings. The molecule has 1 aliphatic carbocycles. The van der Waals surface area contributed by atoms with E-state index in [1.807, 2.05) is 30.3 Å². The van der Waals surface area contributed by atoms with E-state index in [9.17, 15) is 19.1 Å². The zero-order chi connectivity index (χ0) is 20.1. The zero-order valence-electron chi connectivity index (χ0n) is 15.5. The lowest BCUT2D eigenvalue weighted by Gasteiger charge is -2.16. The Labute approximate surface area is 166 Å². The van der Waals surface area contributed by atoms with E-state index in [4.69, 9.17) is 9.47 Å². The second-order valence-electron chi connectivity index (χ2n) is 7.81. The Morgan fingerprint density at radius 1 is 1.14 bits per heavy atom. The highest BCUT2D eigenvalue weighted by Crippen LogP contribution is 2.46. The van der Waals surface area contributed by atoms with Gasteiger partial charge in [0.2, 0.25) is 0 Å². The van der Waals surface area contributed by atoms with Gasteiger partial charge in [-0.15, -0.1) is 0 Å². The van der Waals surface area contributed by atoms with Crippen molar-refractivity contribution in [3.63, 3.8) is 0 Å². The quantitative estimate of drug-likeness (QED) is 0.810. The third-order valence-electron chi connectivity index (χ3n) is 6.15. The minimum absolute atomic E-state index is 0.0672. The summed E-state index contributed by atoms with van der Waals surface area (Å²) in [5.41, 5.74) is 1.47. The Kier molecular flexibility index (Phi) is 4.28. The predicted molar refractivity (Wildman–Crippen MR) is 101 cm³/mol. The van der Waals surface area contributed by atoms with E-state index in [1.54, 1.807) is 6.07 Å². The van der Waals surface area contributed by atoms with Crippen molar-refractivity contribution in [1.29, 1.82) is 0 Å². The molecular formula is C22H20FNO5. The van der Waals surface area contributed by atoms with Crippen molar-refractivity contribution in [1.82, 2.24) is 5.32 Å². The molecule has 0 spiro atoms. The number of benzene rings is 2. The van der Waals surface area contributed by atoms with Crippen molar-refractivity contribution in [2.24, 2.45) is 11.8 Å². The van der Waals surface area contributed by atoms with Gasteiger partial charge in [-0.3, -0.25) is 4.79 Å². The Bertz CT molecular complexity index is 969. The molecule has 0 bridgehead atoms. The van der Waals surface area contributed by atoms with Crippen molar-refractivity contribution in [2.75, 3.05) is 19.9 Å². The van der Waals surface area contributed by atoms with Crippen LogP contribution in [0.15, 0.2) is 42.5 Å². The SMILES string of the molecule is O=C(N[C@@H]1[C@@H]2COC[C@@H]21)c1cc(C(=O)O)c2c(c1)C(c1ccccc1)C(CF)O2. The van der Waals surface area contributed by atoms with Gasteiger partial charge in [0, 0.05) is 29.0 Å². The number of carboxylic acid groups (broad SMARTS) is 1. The van der Waals surface area contributed by atoms with Crippen LogP contribution in [-0.2, 0) is 4.74 Å². The first-order chi connectivity index (χ1) is 14.1. The summed E-state index contributed by atoms with van der Waals surface area (Å²) in [6.45, 7) is 0.519. The van der Waals surface area contributed by atoms with Gasteiger partial charge in [-0.25, -0.2) is 9.18 Å². The van der Waals surface area contributed by atoms with Crippen LogP contribution in [-0.4, -0.2) is 49.0 Å². The lowest BCUT2D eigenvalue weighted by atomic mass is 9.87. The summed E-state index contributed by atoms with van der Waals surface area (Å²) in [5, 5.41) is 12.7. The molecule has 5 atom stereocenters. The topological polar surface area (TPSA) is 84.9 Å². The third kappa shape index (κ3) is 2.97. The molecule has 2 heterocycles. The first-order valence-corrected chi connectivity index (χ1v) is 9.66. The number of carboxylic acids is 1. The van der Waals surface area contributed by atoms with Gasteiger partial charge in [-0.2, -0.15) is 0 Å². The van der Waals surface area contributed by atoms with Crippen molar-refractivity contribution >= 4 is 11.9 Å². The van der Waals surface area contributed by atoms with Gasteiger partial charge in [-0.1, -0.05) is 30.3 Å². The highest BCUT2D eigenvalue weighted by Gasteiger charge is 2.54. The predicted octanol–water partition coefficient (Wildman–Crippen LogP) is 2.62. The van der Waals surface area contributed by atoms with Crippen molar-refractivity contribution in [3.8, 4) is 5.75 Å². The Morgan fingerprint density at radius 3 is 2.52 bits per heavy atom. The van der Waals surface area contributed by atoms with E-state index < -0.39 is 24.7 Å². The Balaban J connectivity index is 1.53. The number of halogens is 1. The number of carbonyl (C=O) groups excluding carboxylic acids is 1. The molecule has 2 unspecified atom stereocenters. The number of fused-ring (bicyclic) bond motifs is 2. The third-order valence-corrected chi connectivity index (χ3v) is 6.15. The number of amides is 1. The van der Waals surface area contributed by atoms with E-state index in [0.717, 1.165) is 5.56 Å². The van der Waals surface area contributed by atoms with Gasteiger partial charge in [-0.05, 0) is 17.7 Å². The number of hydrogen-bond acceptors (Lipinski definition) is 4. The van der Waals surface area contributed by atoms with Crippen LogP contribution >= 0.6 is 0 Å². The largest absolute Gasteiger partial charge is 0.485 e. The molecule has 1 saturated carbocycles. The molecule has 1 saturated heterocycles. The smallest absolute Gasteiger partial charge is 0.339 e. The normalized spacial score (nSPS) is 28.9. The average Bonchev–Trinajstić information content (AvgIpc) is 3.10. The summed E-state index contributed by atoms with van der Waals surface area (Å²) < 4.78 is 24.8. The molecule has 5 rings (SSSR count). The van der Waals surface area contributed by atoms with E-state index in [-0.39, 0.29) is 28.8 Å². The standard InChI is InChI=1S/C22H20FNO5/c23-8-17-18(11-4-2-1-3-5-11)13-6-12(7-14(22(26)27)20(13)29-17)21(25)24-19-15-9-28-10-16(15)19/h1-7,15-19H,8-10H2,(H,24,25)(H,26,27)/t15-,16+,17?,18?,19-. The lowest BCUT2D eigenvalue weighted by Crippen LogP contribution is -2.30. The van der Waals surface area contributed by atoms with Crippen LogP contribution in [0.1, 0.15) is 37.8 Å². The van der Waals surface area contributed by atoms with Gasteiger partial charge >= 0.3 is 5.97 Å². The second-order valence-corrected chi connectivity index (χ2v) is 7.81. The molecule has 29 heavy (non-hydrogen) atoms. The summed E-state index contributed by atoms with van der Waals surface area (Å²) in [6.07, 6.45) is -0.830. The van der Waals surface area contributed by atoms with E-state index in [1.165, 1.54) is 6.07 Å². The Hall–Kier alpha value is -2.93. The number of ether oxygens (including phenoxy) is 2. The summed E-state index contributed by atoms with van der Waals surface area (Å²) in [4.78, 5) is 24.7. The van der Waals surface area contributed by atoms with Crippen LogP contribution < -0.4 is 10.1 Å². The molecular weight excluding hydrogens is 377 g/mol. The first kappa shape index (κ1) is 18.1. The fourth-order valence-corrected chi connectivity index (χ4v) is 4.59. The number of rotatable bonds is 5. The molecule has 2 aliphatic heterocycles. The highest BCUT2D eigenvalue weighted by atomic mass is 19.1. The van der Waals surface area contributed by atoms with Crippen LogP contribution in [0.5, 0.6) is 5.75 Å². The molecule has 7 heteroatoms. The minimum Gasteiger partial charge on any atom is -0.485 e. The molecule has 0 radical (unpaired) electrons. The lowest BCUT2D eigenvalue weighted by molar-refractivity contribution is 0.0689. The minimum atomic E-state index is -1.21. The number of nitrogens with one attached hydrogen (secondary N) is 1. The second kappa shape index (κ2) is 6.84.